The standard InChI is InChI=1S/C12H20O5/c1-4-5-14-10-6-8(13)11-9(16-10)7-15-12(2,3)17-11/h4-5,8-11,13H,6-7H2,1-3H3/b5-4+/t8?,9?,10?,11-/m0/s1. The van der Waals surface area contributed by atoms with Crippen LogP contribution in [0.4, 0.5) is 0 Å². The Kier molecular flexibility index (Phi) is 3.73. The lowest BCUT2D eigenvalue weighted by atomic mass is 10.00. The van der Waals surface area contributed by atoms with Gasteiger partial charge in [0.1, 0.15) is 12.2 Å². The Labute approximate surface area is 101 Å². The molecule has 98 valence electrons. The van der Waals surface area contributed by atoms with Crippen molar-refractivity contribution < 1.29 is 24.1 Å². The number of allylic oxidation sites excluding steroid dienone is 1. The van der Waals surface area contributed by atoms with Crippen molar-refractivity contribution in [3.8, 4) is 0 Å². The van der Waals surface area contributed by atoms with Gasteiger partial charge in [0, 0.05) is 6.42 Å². The van der Waals surface area contributed by atoms with Crippen LogP contribution in [0, 0.1) is 0 Å². The van der Waals surface area contributed by atoms with E-state index in [0.717, 1.165) is 0 Å². The molecule has 3 unspecified atom stereocenters. The monoisotopic (exact) mass is 244 g/mol. The minimum atomic E-state index is -0.664. The van der Waals surface area contributed by atoms with Crippen molar-refractivity contribution in [2.45, 2.75) is 57.6 Å². The van der Waals surface area contributed by atoms with Gasteiger partial charge < -0.3 is 24.1 Å². The highest BCUT2D eigenvalue weighted by Gasteiger charge is 2.46. The molecule has 5 heteroatoms. The summed E-state index contributed by atoms with van der Waals surface area (Å²) >= 11 is 0. The molecule has 2 rings (SSSR count). The molecule has 0 aromatic carbocycles. The van der Waals surface area contributed by atoms with Crippen LogP contribution >= 0.6 is 0 Å². The second-order valence-electron chi connectivity index (χ2n) is 4.81. The molecule has 0 bridgehead atoms. The normalized spacial score (nSPS) is 41.2. The van der Waals surface area contributed by atoms with E-state index in [4.69, 9.17) is 18.9 Å². The molecule has 0 aliphatic carbocycles. The third-order valence-corrected chi connectivity index (χ3v) is 2.89. The fourth-order valence-corrected chi connectivity index (χ4v) is 2.09. The Bertz CT molecular complexity index is 289. The summed E-state index contributed by atoms with van der Waals surface area (Å²) in [4.78, 5) is 0. The summed E-state index contributed by atoms with van der Waals surface area (Å²) in [5.41, 5.74) is 0. The predicted molar refractivity (Wildman–Crippen MR) is 60.1 cm³/mol. The Morgan fingerprint density at radius 1 is 1.41 bits per heavy atom. The molecule has 4 atom stereocenters. The summed E-state index contributed by atoms with van der Waals surface area (Å²) < 4.78 is 22.2. The van der Waals surface area contributed by atoms with Crippen molar-refractivity contribution in [2.24, 2.45) is 0 Å². The molecule has 0 amide bonds. The molecular weight excluding hydrogens is 224 g/mol. The van der Waals surface area contributed by atoms with E-state index in [-0.39, 0.29) is 12.2 Å². The van der Waals surface area contributed by atoms with Gasteiger partial charge in [-0.15, -0.1) is 0 Å². The highest BCUT2D eigenvalue weighted by atomic mass is 16.8. The number of ether oxygens (including phenoxy) is 4. The van der Waals surface area contributed by atoms with E-state index in [0.29, 0.717) is 13.0 Å². The maximum absolute atomic E-state index is 10.0. The largest absolute Gasteiger partial charge is 0.473 e. The molecule has 2 saturated heterocycles. The lowest BCUT2D eigenvalue weighted by Crippen LogP contribution is -2.59. The first-order valence-corrected chi connectivity index (χ1v) is 5.94. The van der Waals surface area contributed by atoms with Crippen molar-refractivity contribution >= 4 is 0 Å². The number of aliphatic hydroxyl groups is 1. The lowest BCUT2D eigenvalue weighted by Gasteiger charge is -2.46. The first-order chi connectivity index (χ1) is 8.02. The average Bonchev–Trinajstić information content (AvgIpc) is 2.27. The summed E-state index contributed by atoms with van der Waals surface area (Å²) in [6, 6.07) is 0. The van der Waals surface area contributed by atoms with Crippen molar-refractivity contribution in [1.29, 1.82) is 0 Å². The van der Waals surface area contributed by atoms with E-state index in [1.807, 2.05) is 20.8 Å². The van der Waals surface area contributed by atoms with Crippen LogP contribution in [0.3, 0.4) is 0 Å². The van der Waals surface area contributed by atoms with Gasteiger partial charge >= 0.3 is 0 Å². The smallest absolute Gasteiger partial charge is 0.201 e. The number of hydrogen-bond donors (Lipinski definition) is 1. The van der Waals surface area contributed by atoms with E-state index in [1.54, 1.807) is 12.3 Å². The molecular formula is C12H20O5. The molecule has 0 saturated carbocycles. The molecule has 2 aliphatic heterocycles. The van der Waals surface area contributed by atoms with Gasteiger partial charge in [-0.25, -0.2) is 0 Å². The zero-order chi connectivity index (χ0) is 12.5. The minimum Gasteiger partial charge on any atom is -0.473 e. The van der Waals surface area contributed by atoms with Gasteiger partial charge in [-0.05, 0) is 20.8 Å². The minimum absolute atomic E-state index is 0.276. The van der Waals surface area contributed by atoms with E-state index >= 15 is 0 Å². The zero-order valence-corrected chi connectivity index (χ0v) is 10.5. The summed E-state index contributed by atoms with van der Waals surface area (Å²) in [6.45, 7) is 5.93. The fourth-order valence-electron chi connectivity index (χ4n) is 2.09. The first kappa shape index (κ1) is 12.8. The van der Waals surface area contributed by atoms with Crippen LogP contribution in [0.1, 0.15) is 27.2 Å². The average molecular weight is 244 g/mol. The predicted octanol–water partition coefficient (Wildman–Crippen LogP) is 1.16. The quantitative estimate of drug-likeness (QED) is 0.739. The Morgan fingerprint density at radius 3 is 2.88 bits per heavy atom. The van der Waals surface area contributed by atoms with Crippen LogP contribution in [0.15, 0.2) is 12.3 Å². The Balaban J connectivity index is 1.97. The van der Waals surface area contributed by atoms with Crippen LogP contribution in [-0.2, 0) is 18.9 Å². The molecule has 1 N–H and O–H groups in total. The summed E-state index contributed by atoms with van der Waals surface area (Å²) in [5, 5.41) is 10.0. The van der Waals surface area contributed by atoms with Gasteiger partial charge in [-0.2, -0.15) is 0 Å². The second kappa shape index (κ2) is 4.94. The SMILES string of the molecule is C/C=C/OC1CC(O)[C@@H]2OC(C)(C)OCC2O1. The molecule has 17 heavy (non-hydrogen) atoms. The van der Waals surface area contributed by atoms with E-state index in [2.05, 4.69) is 0 Å². The molecule has 0 aromatic heterocycles. The van der Waals surface area contributed by atoms with E-state index in [9.17, 15) is 5.11 Å². The maximum Gasteiger partial charge on any atom is 0.201 e. The van der Waals surface area contributed by atoms with E-state index in [1.165, 1.54) is 0 Å². The lowest BCUT2D eigenvalue weighted by molar-refractivity contribution is -0.359. The second-order valence-corrected chi connectivity index (χ2v) is 4.81. The maximum atomic E-state index is 10.0. The van der Waals surface area contributed by atoms with Gasteiger partial charge in [-0.1, -0.05) is 6.08 Å². The number of fused-ring (bicyclic) bond motifs is 1. The van der Waals surface area contributed by atoms with Gasteiger partial charge in [0.05, 0.1) is 19.0 Å². The fraction of sp³-hybridized carbons (Fsp3) is 0.833. The Morgan fingerprint density at radius 2 is 2.18 bits per heavy atom. The summed E-state index contributed by atoms with van der Waals surface area (Å²) in [6.07, 6.45) is 2.10. The number of rotatable bonds is 2. The van der Waals surface area contributed by atoms with Crippen molar-refractivity contribution in [3.05, 3.63) is 12.3 Å². The number of aliphatic hydroxyl groups excluding tert-OH is 1. The van der Waals surface area contributed by atoms with Gasteiger partial charge in [-0.3, -0.25) is 0 Å². The number of hydrogen-bond acceptors (Lipinski definition) is 5. The zero-order valence-electron chi connectivity index (χ0n) is 10.5. The highest BCUT2D eigenvalue weighted by Crippen LogP contribution is 2.32. The van der Waals surface area contributed by atoms with E-state index < -0.39 is 18.2 Å². The van der Waals surface area contributed by atoms with Crippen LogP contribution < -0.4 is 0 Å². The topological polar surface area (TPSA) is 57.2 Å². The van der Waals surface area contributed by atoms with Crippen LogP contribution in [0.25, 0.3) is 0 Å². The van der Waals surface area contributed by atoms with Crippen molar-refractivity contribution in [1.82, 2.24) is 0 Å². The molecule has 2 fully saturated rings. The van der Waals surface area contributed by atoms with Gasteiger partial charge in [0.15, 0.2) is 5.79 Å². The third-order valence-electron chi connectivity index (χ3n) is 2.89. The van der Waals surface area contributed by atoms with Crippen molar-refractivity contribution in [2.75, 3.05) is 6.61 Å². The summed E-state index contributed by atoms with van der Waals surface area (Å²) in [5.74, 6) is -0.664. The van der Waals surface area contributed by atoms with Crippen LogP contribution in [0.2, 0.25) is 0 Å². The summed E-state index contributed by atoms with van der Waals surface area (Å²) in [7, 11) is 0. The van der Waals surface area contributed by atoms with Crippen molar-refractivity contribution in [3.63, 3.8) is 0 Å². The first-order valence-electron chi connectivity index (χ1n) is 5.94. The van der Waals surface area contributed by atoms with Crippen LogP contribution in [-0.4, -0.2) is 42.1 Å². The van der Waals surface area contributed by atoms with Gasteiger partial charge in [0.2, 0.25) is 6.29 Å². The molecule has 2 aliphatic rings. The Hall–Kier alpha value is -0.620. The molecule has 0 aromatic rings. The van der Waals surface area contributed by atoms with Gasteiger partial charge in [0.25, 0.3) is 0 Å². The molecule has 0 spiro atoms. The molecule has 5 nitrogen and oxygen atoms in total. The molecule has 0 radical (unpaired) electrons. The molecule has 2 heterocycles. The highest BCUT2D eigenvalue weighted by molar-refractivity contribution is 4.89. The van der Waals surface area contributed by atoms with Crippen LogP contribution in [0.5, 0.6) is 0 Å². The third kappa shape index (κ3) is 2.98.